The van der Waals surface area contributed by atoms with E-state index < -0.39 is 0 Å². The molecule has 0 spiro atoms. The van der Waals surface area contributed by atoms with E-state index in [1.807, 2.05) is 29.2 Å². The minimum atomic E-state index is -0.306. The molecule has 2 heterocycles. The van der Waals surface area contributed by atoms with E-state index in [4.69, 9.17) is 11.6 Å². The van der Waals surface area contributed by atoms with Crippen molar-refractivity contribution < 1.29 is 9.59 Å². The van der Waals surface area contributed by atoms with Crippen LogP contribution in [0.1, 0.15) is 57.4 Å². The highest BCUT2D eigenvalue weighted by Crippen LogP contribution is 2.31. The van der Waals surface area contributed by atoms with Gasteiger partial charge in [0.2, 0.25) is 11.8 Å². The minimum absolute atomic E-state index is 0.0905. The van der Waals surface area contributed by atoms with Gasteiger partial charge in [-0.1, -0.05) is 23.7 Å². The third kappa shape index (κ3) is 4.55. The number of nitrogens with one attached hydrogen (secondary N) is 1. The molecule has 0 aliphatic carbocycles. The highest BCUT2D eigenvalue weighted by molar-refractivity contribution is 6.30. The van der Waals surface area contributed by atoms with E-state index in [2.05, 4.69) is 12.2 Å². The van der Waals surface area contributed by atoms with Gasteiger partial charge in [-0.2, -0.15) is 0 Å². The maximum absolute atomic E-state index is 12.7. The van der Waals surface area contributed by atoms with Gasteiger partial charge < -0.3 is 10.2 Å². The molecule has 2 saturated heterocycles. The summed E-state index contributed by atoms with van der Waals surface area (Å²) in [5, 5.41) is 3.87. The lowest BCUT2D eigenvalue weighted by Gasteiger charge is -2.35. The lowest BCUT2D eigenvalue weighted by molar-refractivity contribution is -0.135. The minimum Gasteiger partial charge on any atom is -0.350 e. The smallest absolute Gasteiger partial charge is 0.222 e. The van der Waals surface area contributed by atoms with Crippen LogP contribution < -0.4 is 5.32 Å². The van der Waals surface area contributed by atoms with Crippen LogP contribution in [0.2, 0.25) is 5.02 Å². The molecule has 0 aromatic heterocycles. The number of carbonyl (C=O) groups excluding carboxylic acids is 2. The van der Waals surface area contributed by atoms with Gasteiger partial charge in [-0.05, 0) is 63.1 Å². The third-order valence-corrected chi connectivity index (χ3v) is 5.88. The Morgan fingerprint density at radius 3 is 2.72 bits per heavy atom. The molecule has 0 radical (unpaired) electrons. The second-order valence-corrected chi connectivity index (χ2v) is 8.00. The Labute approximate surface area is 154 Å². The van der Waals surface area contributed by atoms with Crippen LogP contribution in [0.4, 0.5) is 0 Å². The monoisotopic (exact) mass is 362 g/mol. The number of benzene rings is 1. The van der Waals surface area contributed by atoms with Crippen LogP contribution in [0.5, 0.6) is 0 Å². The molecule has 1 aromatic carbocycles. The van der Waals surface area contributed by atoms with E-state index in [1.165, 1.54) is 6.42 Å². The van der Waals surface area contributed by atoms with Gasteiger partial charge in [-0.15, -0.1) is 0 Å². The quantitative estimate of drug-likeness (QED) is 0.867. The van der Waals surface area contributed by atoms with Crippen molar-refractivity contribution in [3.8, 4) is 0 Å². The summed E-state index contributed by atoms with van der Waals surface area (Å²) in [6.07, 6.45) is 6.68. The highest BCUT2D eigenvalue weighted by atomic mass is 35.5. The van der Waals surface area contributed by atoms with Gasteiger partial charge in [0.1, 0.15) is 0 Å². The zero-order chi connectivity index (χ0) is 17.9. The first-order valence-electron chi connectivity index (χ1n) is 9.32. The van der Waals surface area contributed by atoms with Crippen LogP contribution in [-0.2, 0) is 16.0 Å². The van der Waals surface area contributed by atoms with Gasteiger partial charge in [0.15, 0.2) is 0 Å². The summed E-state index contributed by atoms with van der Waals surface area (Å²) in [4.78, 5) is 26.6. The standard InChI is InChI=1S/C20H27ClN2O2/c1-15-4-2-3-13-23(15)19(25)10-12-20(11-9-18(24)22-20)14-16-5-7-17(21)8-6-16/h5-8,15H,2-4,9-14H2,1H3,(H,22,24)/t15-,20+/m1/s1. The molecule has 136 valence electrons. The van der Waals surface area contributed by atoms with E-state index in [9.17, 15) is 9.59 Å². The Kier molecular flexibility index (Phi) is 5.67. The number of hydrogen-bond acceptors (Lipinski definition) is 2. The molecular formula is C20H27ClN2O2. The number of nitrogens with zero attached hydrogens (tertiary/aromatic N) is 1. The highest BCUT2D eigenvalue weighted by Gasteiger charge is 2.38. The first-order chi connectivity index (χ1) is 12.0. The topological polar surface area (TPSA) is 49.4 Å². The van der Waals surface area contributed by atoms with Gasteiger partial charge >= 0.3 is 0 Å². The van der Waals surface area contributed by atoms with Crippen molar-refractivity contribution in [2.24, 2.45) is 0 Å². The molecule has 4 nitrogen and oxygen atoms in total. The van der Waals surface area contributed by atoms with Crippen LogP contribution in [0.3, 0.4) is 0 Å². The molecule has 25 heavy (non-hydrogen) atoms. The number of hydrogen-bond donors (Lipinski definition) is 1. The summed E-state index contributed by atoms with van der Waals surface area (Å²) in [6, 6.07) is 8.10. The van der Waals surface area contributed by atoms with Crippen molar-refractivity contribution in [2.45, 2.75) is 69.9 Å². The first-order valence-corrected chi connectivity index (χ1v) is 9.70. The number of halogens is 1. The third-order valence-electron chi connectivity index (χ3n) is 5.63. The molecule has 2 aliphatic heterocycles. The fourth-order valence-electron chi connectivity index (χ4n) is 4.13. The summed E-state index contributed by atoms with van der Waals surface area (Å²) in [5.41, 5.74) is 0.838. The predicted octanol–water partition coefficient (Wildman–Crippen LogP) is 3.71. The van der Waals surface area contributed by atoms with Gasteiger partial charge in [0, 0.05) is 36.0 Å². The number of amides is 2. The van der Waals surface area contributed by atoms with Gasteiger partial charge in [-0.3, -0.25) is 9.59 Å². The number of piperidine rings is 1. The molecule has 2 atom stereocenters. The summed E-state index contributed by atoms with van der Waals surface area (Å²) >= 11 is 5.97. The Hall–Kier alpha value is -1.55. The molecule has 0 unspecified atom stereocenters. The molecule has 0 saturated carbocycles. The molecular weight excluding hydrogens is 336 g/mol. The number of likely N-dealkylation sites (tertiary alicyclic amines) is 1. The molecule has 3 rings (SSSR count). The van der Waals surface area contributed by atoms with E-state index in [0.29, 0.717) is 30.3 Å². The summed E-state index contributed by atoms with van der Waals surface area (Å²) in [6.45, 7) is 3.01. The molecule has 1 N–H and O–H groups in total. The van der Waals surface area contributed by atoms with E-state index in [0.717, 1.165) is 37.8 Å². The Morgan fingerprint density at radius 2 is 2.08 bits per heavy atom. The van der Waals surface area contributed by atoms with E-state index in [1.54, 1.807) is 0 Å². The van der Waals surface area contributed by atoms with Crippen molar-refractivity contribution >= 4 is 23.4 Å². The normalized spacial score (nSPS) is 26.6. The van der Waals surface area contributed by atoms with Crippen molar-refractivity contribution in [2.75, 3.05) is 6.54 Å². The van der Waals surface area contributed by atoms with Crippen molar-refractivity contribution in [3.63, 3.8) is 0 Å². The maximum atomic E-state index is 12.7. The lowest BCUT2D eigenvalue weighted by atomic mass is 9.84. The summed E-state index contributed by atoms with van der Waals surface area (Å²) in [7, 11) is 0. The van der Waals surface area contributed by atoms with E-state index >= 15 is 0 Å². The Morgan fingerprint density at radius 1 is 1.32 bits per heavy atom. The Balaban J connectivity index is 1.65. The maximum Gasteiger partial charge on any atom is 0.222 e. The number of rotatable bonds is 5. The van der Waals surface area contributed by atoms with Crippen molar-refractivity contribution in [3.05, 3.63) is 34.9 Å². The molecule has 5 heteroatoms. The van der Waals surface area contributed by atoms with E-state index in [-0.39, 0.29) is 17.4 Å². The molecule has 2 amide bonds. The van der Waals surface area contributed by atoms with Crippen LogP contribution in [0.25, 0.3) is 0 Å². The van der Waals surface area contributed by atoms with Crippen LogP contribution >= 0.6 is 11.6 Å². The zero-order valence-corrected chi connectivity index (χ0v) is 15.6. The average Bonchev–Trinajstić information content (AvgIpc) is 2.96. The molecule has 2 fully saturated rings. The largest absolute Gasteiger partial charge is 0.350 e. The molecule has 1 aromatic rings. The van der Waals surface area contributed by atoms with Crippen molar-refractivity contribution in [1.82, 2.24) is 10.2 Å². The molecule has 2 aliphatic rings. The fraction of sp³-hybridized carbons (Fsp3) is 0.600. The summed E-state index contributed by atoms with van der Waals surface area (Å²) in [5.74, 6) is 0.316. The van der Waals surface area contributed by atoms with Gasteiger partial charge in [0.25, 0.3) is 0 Å². The second-order valence-electron chi connectivity index (χ2n) is 7.56. The van der Waals surface area contributed by atoms with Gasteiger partial charge in [-0.25, -0.2) is 0 Å². The summed E-state index contributed by atoms with van der Waals surface area (Å²) < 4.78 is 0. The first kappa shape index (κ1) is 18.2. The van der Waals surface area contributed by atoms with Crippen LogP contribution in [-0.4, -0.2) is 34.8 Å². The average molecular weight is 363 g/mol. The zero-order valence-electron chi connectivity index (χ0n) is 14.9. The van der Waals surface area contributed by atoms with Crippen LogP contribution in [0.15, 0.2) is 24.3 Å². The second kappa shape index (κ2) is 7.77. The lowest BCUT2D eigenvalue weighted by Crippen LogP contribution is -2.46. The predicted molar refractivity (Wildman–Crippen MR) is 99.5 cm³/mol. The van der Waals surface area contributed by atoms with Crippen LogP contribution in [0, 0.1) is 0 Å². The van der Waals surface area contributed by atoms with Gasteiger partial charge in [0.05, 0.1) is 0 Å². The SMILES string of the molecule is C[C@@H]1CCCCN1C(=O)CC[C@]1(Cc2ccc(Cl)cc2)CCC(=O)N1. The number of carbonyl (C=O) groups is 2. The van der Waals surface area contributed by atoms with Crippen molar-refractivity contribution in [1.29, 1.82) is 0 Å². The fourth-order valence-corrected chi connectivity index (χ4v) is 4.26. The molecule has 0 bridgehead atoms. The Bertz CT molecular complexity index is 631.